The van der Waals surface area contributed by atoms with Crippen LogP contribution in [0.25, 0.3) is 0 Å². The van der Waals surface area contributed by atoms with E-state index in [0.717, 1.165) is 45.3 Å². The van der Waals surface area contributed by atoms with E-state index in [1.165, 1.54) is 11.1 Å². The van der Waals surface area contributed by atoms with E-state index in [2.05, 4.69) is 41.4 Å². The number of rotatable bonds is 9. The summed E-state index contributed by atoms with van der Waals surface area (Å²) in [7, 11) is 0. The fraction of sp³-hybridized carbons (Fsp3) is 0.679. The number of nitrogens with zero attached hydrogens (tertiary/aromatic N) is 2. The van der Waals surface area contributed by atoms with Crippen LogP contribution in [0, 0.1) is 24.2 Å². The van der Waals surface area contributed by atoms with Crippen LogP contribution in [-0.2, 0) is 20.9 Å². The first kappa shape index (κ1) is 28.1. The molecule has 1 aromatic carbocycles. The summed E-state index contributed by atoms with van der Waals surface area (Å²) in [4.78, 5) is 43.1. The molecule has 1 saturated carbocycles. The fourth-order valence-electron chi connectivity index (χ4n) is 5.37. The van der Waals surface area contributed by atoms with Gasteiger partial charge >= 0.3 is 0 Å². The van der Waals surface area contributed by atoms with Crippen LogP contribution >= 0.6 is 0 Å². The van der Waals surface area contributed by atoms with Crippen molar-refractivity contribution < 1.29 is 19.6 Å². The molecule has 1 aromatic rings. The molecule has 0 aromatic heterocycles. The van der Waals surface area contributed by atoms with E-state index >= 15 is 0 Å². The number of hydroxylamine groups is 1. The lowest BCUT2D eigenvalue weighted by Crippen LogP contribution is -2.59. The lowest BCUT2D eigenvalue weighted by atomic mass is 9.84. The normalized spacial score (nSPS) is 19.1. The Bertz CT molecular complexity index is 882. The second-order valence-corrected chi connectivity index (χ2v) is 11.7. The maximum atomic E-state index is 13.6. The van der Waals surface area contributed by atoms with E-state index < -0.39 is 23.3 Å². The molecule has 3 rings (SSSR count). The standard InChI is InChI=1S/C28H44N4O4/c1-20-9-11-22(12-10-20)19-31-13-15-32(16-14-31)27(35)25(28(2,3)4)29-26(34)23(18-24(33)30-36)17-21-7-5-6-8-21/h9-12,21,23,25,36H,5-8,13-19H2,1-4H3,(H,29,34)(H,30,33)/t23-,25?/m1/s1. The van der Waals surface area contributed by atoms with Crippen LogP contribution in [0.3, 0.4) is 0 Å². The number of hydrogen-bond donors (Lipinski definition) is 3. The van der Waals surface area contributed by atoms with Crippen molar-refractivity contribution >= 4 is 17.7 Å². The Hall–Kier alpha value is -2.45. The molecule has 1 heterocycles. The summed E-state index contributed by atoms with van der Waals surface area (Å²) in [6.07, 6.45) is 4.91. The van der Waals surface area contributed by atoms with Crippen LogP contribution in [-0.4, -0.2) is 64.9 Å². The van der Waals surface area contributed by atoms with Crippen LogP contribution in [0.1, 0.15) is 70.4 Å². The lowest BCUT2D eigenvalue weighted by Gasteiger charge is -2.40. The quantitative estimate of drug-likeness (QED) is 0.357. The zero-order chi connectivity index (χ0) is 26.3. The third-order valence-electron chi connectivity index (χ3n) is 7.63. The molecule has 0 spiro atoms. The second kappa shape index (κ2) is 12.7. The fourth-order valence-corrected chi connectivity index (χ4v) is 5.37. The maximum Gasteiger partial charge on any atom is 0.245 e. The summed E-state index contributed by atoms with van der Waals surface area (Å²) in [5.74, 6) is -1.09. The van der Waals surface area contributed by atoms with Gasteiger partial charge in [0.25, 0.3) is 0 Å². The Labute approximate surface area is 215 Å². The van der Waals surface area contributed by atoms with Crippen LogP contribution in [0.4, 0.5) is 0 Å². The van der Waals surface area contributed by atoms with Gasteiger partial charge in [0.05, 0.1) is 0 Å². The Morgan fingerprint density at radius 3 is 2.19 bits per heavy atom. The minimum atomic E-state index is -0.683. The molecule has 0 bridgehead atoms. The first-order valence-electron chi connectivity index (χ1n) is 13.4. The van der Waals surface area contributed by atoms with Gasteiger partial charge in [-0.05, 0) is 30.2 Å². The number of benzene rings is 1. The molecule has 3 amide bonds. The number of amides is 3. The van der Waals surface area contributed by atoms with E-state index in [4.69, 9.17) is 5.21 Å². The minimum absolute atomic E-state index is 0.0722. The Balaban J connectivity index is 1.61. The van der Waals surface area contributed by atoms with Gasteiger partial charge in [-0.1, -0.05) is 76.3 Å². The van der Waals surface area contributed by atoms with Crippen molar-refractivity contribution in [3.8, 4) is 0 Å². The molecular weight excluding hydrogens is 456 g/mol. The van der Waals surface area contributed by atoms with Gasteiger partial charge in [0, 0.05) is 45.1 Å². The van der Waals surface area contributed by atoms with Crippen LogP contribution in [0.15, 0.2) is 24.3 Å². The zero-order valence-electron chi connectivity index (χ0n) is 22.4. The SMILES string of the molecule is Cc1ccc(CN2CCN(C(=O)C(NC(=O)[C@@H](CC(=O)NO)CC3CCCC3)C(C)(C)C)CC2)cc1. The van der Waals surface area contributed by atoms with Gasteiger partial charge in [-0.3, -0.25) is 24.5 Å². The molecule has 0 radical (unpaired) electrons. The molecule has 1 aliphatic carbocycles. The molecule has 8 heteroatoms. The number of aryl methyl sites for hydroxylation is 1. The number of piperazine rings is 1. The first-order chi connectivity index (χ1) is 17.1. The monoisotopic (exact) mass is 500 g/mol. The summed E-state index contributed by atoms with van der Waals surface area (Å²) in [6.45, 7) is 11.6. The molecule has 3 N–H and O–H groups in total. The predicted octanol–water partition coefficient (Wildman–Crippen LogP) is 3.26. The molecule has 8 nitrogen and oxygen atoms in total. The highest BCUT2D eigenvalue weighted by molar-refractivity contribution is 5.91. The number of hydrogen-bond acceptors (Lipinski definition) is 5. The van der Waals surface area contributed by atoms with Crippen LogP contribution in [0.2, 0.25) is 0 Å². The highest BCUT2D eigenvalue weighted by Gasteiger charge is 2.38. The van der Waals surface area contributed by atoms with E-state index in [9.17, 15) is 14.4 Å². The van der Waals surface area contributed by atoms with Crippen LogP contribution in [0.5, 0.6) is 0 Å². The lowest BCUT2D eigenvalue weighted by molar-refractivity contribution is -0.142. The number of nitrogens with one attached hydrogen (secondary N) is 2. The molecule has 200 valence electrons. The van der Waals surface area contributed by atoms with Crippen molar-refractivity contribution in [2.24, 2.45) is 17.3 Å². The van der Waals surface area contributed by atoms with Gasteiger partial charge in [0.1, 0.15) is 6.04 Å². The van der Waals surface area contributed by atoms with Gasteiger partial charge in [-0.2, -0.15) is 0 Å². The average Bonchev–Trinajstić information content (AvgIpc) is 3.36. The second-order valence-electron chi connectivity index (χ2n) is 11.7. The Morgan fingerprint density at radius 2 is 1.64 bits per heavy atom. The third-order valence-corrected chi connectivity index (χ3v) is 7.63. The molecular formula is C28H44N4O4. The third kappa shape index (κ3) is 8.03. The summed E-state index contributed by atoms with van der Waals surface area (Å²) in [5, 5.41) is 12.0. The molecule has 1 unspecified atom stereocenters. The van der Waals surface area contributed by atoms with E-state index in [1.807, 2.05) is 25.7 Å². The zero-order valence-corrected chi connectivity index (χ0v) is 22.4. The smallest absolute Gasteiger partial charge is 0.245 e. The largest absolute Gasteiger partial charge is 0.344 e. The molecule has 2 aliphatic rings. The van der Waals surface area contributed by atoms with Crippen molar-refractivity contribution in [3.05, 3.63) is 35.4 Å². The van der Waals surface area contributed by atoms with E-state index in [-0.39, 0.29) is 18.2 Å². The van der Waals surface area contributed by atoms with E-state index in [1.54, 1.807) is 5.48 Å². The number of carbonyl (C=O) groups excluding carboxylic acids is 3. The van der Waals surface area contributed by atoms with Crippen molar-refractivity contribution in [2.45, 2.75) is 78.8 Å². The summed E-state index contributed by atoms with van der Waals surface area (Å²) in [5.41, 5.74) is 3.68. The molecule has 36 heavy (non-hydrogen) atoms. The van der Waals surface area contributed by atoms with Crippen molar-refractivity contribution in [1.82, 2.24) is 20.6 Å². The highest BCUT2D eigenvalue weighted by atomic mass is 16.5. The van der Waals surface area contributed by atoms with Gasteiger partial charge < -0.3 is 10.2 Å². The van der Waals surface area contributed by atoms with Gasteiger partial charge in [0.2, 0.25) is 17.7 Å². The van der Waals surface area contributed by atoms with Crippen molar-refractivity contribution in [1.29, 1.82) is 0 Å². The van der Waals surface area contributed by atoms with Crippen molar-refractivity contribution in [3.63, 3.8) is 0 Å². The average molecular weight is 501 g/mol. The maximum absolute atomic E-state index is 13.6. The predicted molar refractivity (Wildman–Crippen MR) is 139 cm³/mol. The van der Waals surface area contributed by atoms with Crippen molar-refractivity contribution in [2.75, 3.05) is 26.2 Å². The summed E-state index contributed by atoms with van der Waals surface area (Å²) in [6, 6.07) is 7.86. The number of carbonyl (C=O) groups is 3. The summed E-state index contributed by atoms with van der Waals surface area (Å²) < 4.78 is 0. The van der Waals surface area contributed by atoms with Crippen LogP contribution < -0.4 is 10.8 Å². The first-order valence-corrected chi connectivity index (χ1v) is 13.4. The summed E-state index contributed by atoms with van der Waals surface area (Å²) >= 11 is 0. The Kier molecular flexibility index (Phi) is 9.91. The molecule has 2 fully saturated rings. The molecule has 1 aliphatic heterocycles. The highest BCUT2D eigenvalue weighted by Crippen LogP contribution is 2.32. The Morgan fingerprint density at radius 1 is 1.03 bits per heavy atom. The van der Waals surface area contributed by atoms with Gasteiger partial charge in [0.15, 0.2) is 0 Å². The minimum Gasteiger partial charge on any atom is -0.344 e. The molecule has 2 atom stereocenters. The van der Waals surface area contributed by atoms with Gasteiger partial charge in [-0.15, -0.1) is 0 Å². The molecule has 1 saturated heterocycles. The topological polar surface area (TPSA) is 102 Å². The van der Waals surface area contributed by atoms with E-state index in [0.29, 0.717) is 25.4 Å². The van der Waals surface area contributed by atoms with Gasteiger partial charge in [-0.25, -0.2) is 5.48 Å².